The van der Waals surface area contributed by atoms with Gasteiger partial charge in [-0.05, 0) is 18.6 Å². The van der Waals surface area contributed by atoms with Crippen LogP contribution in [0.25, 0.3) is 0 Å². The van der Waals surface area contributed by atoms with Gasteiger partial charge in [0.1, 0.15) is 12.2 Å². The van der Waals surface area contributed by atoms with E-state index in [9.17, 15) is 5.11 Å². The van der Waals surface area contributed by atoms with E-state index in [1.54, 1.807) is 18.2 Å². The van der Waals surface area contributed by atoms with Crippen molar-refractivity contribution in [1.82, 2.24) is 0 Å². The summed E-state index contributed by atoms with van der Waals surface area (Å²) in [4.78, 5) is 0. The van der Waals surface area contributed by atoms with Crippen LogP contribution < -0.4 is 0 Å². The Morgan fingerprint density at radius 2 is 2.00 bits per heavy atom. The fourth-order valence-corrected chi connectivity index (χ4v) is 0.953. The highest BCUT2D eigenvalue weighted by Crippen LogP contribution is 2.05. The van der Waals surface area contributed by atoms with Crippen molar-refractivity contribution >= 4 is 0 Å². The topological polar surface area (TPSA) is 44.0 Å². The number of rotatable bonds is 1. The van der Waals surface area contributed by atoms with E-state index in [1.165, 1.54) is 0 Å². The van der Waals surface area contributed by atoms with Crippen molar-refractivity contribution < 1.29 is 5.11 Å². The third kappa shape index (κ3) is 2.62. The Labute approximate surface area is 83.8 Å². The van der Waals surface area contributed by atoms with Gasteiger partial charge in [0.15, 0.2) is 0 Å². The summed E-state index contributed by atoms with van der Waals surface area (Å²) in [6, 6.07) is 9.15. The van der Waals surface area contributed by atoms with E-state index in [0.29, 0.717) is 17.5 Å². The van der Waals surface area contributed by atoms with Crippen molar-refractivity contribution in [2.24, 2.45) is 0 Å². The molecule has 0 bridgehead atoms. The monoisotopic (exact) mass is 185 g/mol. The SMILES string of the molecule is CC[C@H](O)C#Cc1ccccc1C#N. The van der Waals surface area contributed by atoms with Crippen molar-refractivity contribution in [3.63, 3.8) is 0 Å². The quantitative estimate of drug-likeness (QED) is 0.676. The molecule has 0 saturated heterocycles. The number of hydrogen-bond donors (Lipinski definition) is 1. The largest absolute Gasteiger partial charge is 0.380 e. The fourth-order valence-electron chi connectivity index (χ4n) is 0.953. The van der Waals surface area contributed by atoms with Crippen LogP contribution in [0, 0.1) is 23.2 Å². The van der Waals surface area contributed by atoms with Gasteiger partial charge in [0.05, 0.1) is 5.56 Å². The molecule has 0 saturated carbocycles. The molecule has 2 heteroatoms. The maximum Gasteiger partial charge on any atom is 0.114 e. The van der Waals surface area contributed by atoms with Crippen LogP contribution in [0.15, 0.2) is 24.3 Å². The van der Waals surface area contributed by atoms with Crippen LogP contribution in [0.5, 0.6) is 0 Å². The summed E-state index contributed by atoms with van der Waals surface area (Å²) in [6.07, 6.45) is -0.0106. The highest BCUT2D eigenvalue weighted by atomic mass is 16.3. The Kier molecular flexibility index (Phi) is 3.73. The normalized spacial score (nSPS) is 10.9. The van der Waals surface area contributed by atoms with Crippen LogP contribution in [0.4, 0.5) is 0 Å². The van der Waals surface area contributed by atoms with Gasteiger partial charge in [-0.15, -0.1) is 0 Å². The van der Waals surface area contributed by atoms with E-state index in [-0.39, 0.29) is 0 Å². The molecule has 14 heavy (non-hydrogen) atoms. The van der Waals surface area contributed by atoms with Crippen LogP contribution in [0.2, 0.25) is 0 Å². The van der Waals surface area contributed by atoms with Crippen molar-refractivity contribution in [3.8, 4) is 17.9 Å². The first kappa shape index (κ1) is 10.3. The Morgan fingerprint density at radius 3 is 2.57 bits per heavy atom. The molecule has 0 unspecified atom stereocenters. The molecule has 0 heterocycles. The molecule has 0 aliphatic heterocycles. The van der Waals surface area contributed by atoms with Gasteiger partial charge < -0.3 is 5.11 Å². The average molecular weight is 185 g/mol. The fraction of sp³-hybridized carbons (Fsp3) is 0.250. The van der Waals surface area contributed by atoms with Gasteiger partial charge >= 0.3 is 0 Å². The van der Waals surface area contributed by atoms with Gasteiger partial charge in [-0.3, -0.25) is 0 Å². The molecule has 0 aromatic heterocycles. The van der Waals surface area contributed by atoms with Crippen molar-refractivity contribution in [1.29, 1.82) is 5.26 Å². The van der Waals surface area contributed by atoms with E-state index in [4.69, 9.17) is 5.26 Å². The zero-order chi connectivity index (χ0) is 10.4. The van der Waals surface area contributed by atoms with Crippen molar-refractivity contribution in [3.05, 3.63) is 35.4 Å². The van der Waals surface area contributed by atoms with Gasteiger partial charge in [0.25, 0.3) is 0 Å². The lowest BCUT2D eigenvalue weighted by Gasteiger charge is -1.96. The van der Waals surface area contributed by atoms with E-state index < -0.39 is 6.10 Å². The molecule has 1 aromatic carbocycles. The zero-order valence-electron chi connectivity index (χ0n) is 7.99. The maximum absolute atomic E-state index is 9.23. The van der Waals surface area contributed by atoms with E-state index >= 15 is 0 Å². The first-order valence-corrected chi connectivity index (χ1v) is 4.46. The van der Waals surface area contributed by atoms with Gasteiger partial charge in [0.2, 0.25) is 0 Å². The van der Waals surface area contributed by atoms with Crippen LogP contribution >= 0.6 is 0 Å². The zero-order valence-corrected chi connectivity index (χ0v) is 7.99. The summed E-state index contributed by atoms with van der Waals surface area (Å²) >= 11 is 0. The second kappa shape index (κ2) is 5.07. The van der Waals surface area contributed by atoms with E-state index in [1.807, 2.05) is 13.0 Å². The second-order valence-corrected chi connectivity index (χ2v) is 2.85. The average Bonchev–Trinajstić information content (AvgIpc) is 2.26. The van der Waals surface area contributed by atoms with Gasteiger partial charge in [-0.2, -0.15) is 5.26 Å². The standard InChI is InChI=1S/C12H11NO/c1-2-12(14)8-7-10-5-3-4-6-11(10)9-13/h3-6,12,14H,2H2,1H3/t12-/m0/s1. The molecular weight excluding hydrogens is 174 g/mol. The third-order valence-electron chi connectivity index (χ3n) is 1.81. The number of benzene rings is 1. The second-order valence-electron chi connectivity index (χ2n) is 2.85. The minimum absolute atomic E-state index is 0.545. The van der Waals surface area contributed by atoms with Crippen molar-refractivity contribution in [2.45, 2.75) is 19.4 Å². The molecule has 0 amide bonds. The lowest BCUT2D eigenvalue weighted by molar-refractivity contribution is 0.228. The van der Waals surface area contributed by atoms with Crippen LogP contribution in [0.3, 0.4) is 0 Å². The van der Waals surface area contributed by atoms with E-state index in [2.05, 4.69) is 17.9 Å². The number of nitrogens with zero attached hydrogens (tertiary/aromatic N) is 1. The Balaban J connectivity index is 2.96. The molecule has 0 aliphatic rings. The summed E-state index contributed by atoms with van der Waals surface area (Å²) in [5, 5.41) is 18.0. The molecule has 1 aromatic rings. The number of aliphatic hydroxyl groups excluding tert-OH is 1. The molecule has 70 valence electrons. The third-order valence-corrected chi connectivity index (χ3v) is 1.81. The highest BCUT2D eigenvalue weighted by Gasteiger charge is 1.96. The summed E-state index contributed by atoms with van der Waals surface area (Å²) in [7, 11) is 0. The molecule has 1 atom stereocenters. The Bertz CT molecular complexity index is 406. The summed E-state index contributed by atoms with van der Waals surface area (Å²) in [6.45, 7) is 1.86. The number of nitriles is 1. The van der Waals surface area contributed by atoms with Gasteiger partial charge in [-0.25, -0.2) is 0 Å². The molecule has 0 spiro atoms. The van der Waals surface area contributed by atoms with Crippen LogP contribution in [0.1, 0.15) is 24.5 Å². The minimum Gasteiger partial charge on any atom is -0.380 e. The number of hydrogen-bond acceptors (Lipinski definition) is 2. The molecule has 1 rings (SSSR count). The lowest BCUT2D eigenvalue weighted by atomic mass is 10.1. The summed E-state index contributed by atoms with van der Waals surface area (Å²) in [5.41, 5.74) is 1.21. The Hall–Kier alpha value is -1.77. The predicted molar refractivity (Wildman–Crippen MR) is 54.3 cm³/mol. The minimum atomic E-state index is -0.609. The summed E-state index contributed by atoms with van der Waals surface area (Å²) in [5.74, 6) is 5.47. The lowest BCUT2D eigenvalue weighted by Crippen LogP contribution is -1.99. The molecule has 1 N–H and O–H groups in total. The van der Waals surface area contributed by atoms with Crippen LogP contribution in [-0.2, 0) is 0 Å². The van der Waals surface area contributed by atoms with Crippen LogP contribution in [-0.4, -0.2) is 11.2 Å². The Morgan fingerprint density at radius 1 is 1.36 bits per heavy atom. The van der Waals surface area contributed by atoms with E-state index in [0.717, 1.165) is 0 Å². The number of aliphatic hydroxyl groups is 1. The van der Waals surface area contributed by atoms with Gasteiger partial charge in [0, 0.05) is 5.56 Å². The first-order chi connectivity index (χ1) is 6.77. The molecule has 0 radical (unpaired) electrons. The predicted octanol–water partition coefficient (Wildman–Crippen LogP) is 1.68. The highest BCUT2D eigenvalue weighted by molar-refractivity contribution is 5.47. The molecule has 0 aliphatic carbocycles. The van der Waals surface area contributed by atoms with Gasteiger partial charge in [-0.1, -0.05) is 30.9 Å². The smallest absolute Gasteiger partial charge is 0.114 e. The summed E-state index contributed by atoms with van der Waals surface area (Å²) < 4.78 is 0. The molecule has 0 fully saturated rings. The molecule has 2 nitrogen and oxygen atoms in total. The maximum atomic E-state index is 9.23. The first-order valence-electron chi connectivity index (χ1n) is 4.46. The van der Waals surface area contributed by atoms with Crippen molar-refractivity contribution in [2.75, 3.05) is 0 Å². The molecular formula is C12H11NO.